The average Bonchev–Trinajstić information content (AvgIpc) is 3.10. The van der Waals surface area contributed by atoms with E-state index in [4.69, 9.17) is 9.15 Å². The van der Waals surface area contributed by atoms with E-state index in [1.54, 1.807) is 0 Å². The van der Waals surface area contributed by atoms with Crippen LogP contribution in [-0.2, 0) is 16.6 Å². The topological polar surface area (TPSA) is 97.6 Å². The number of furan rings is 1. The van der Waals surface area contributed by atoms with Crippen molar-refractivity contribution in [2.45, 2.75) is 31.9 Å². The normalized spacial score (nSPS) is 11.3. The number of hydrogen-bond acceptors (Lipinski definition) is 5. The van der Waals surface area contributed by atoms with E-state index in [9.17, 15) is 13.2 Å². The minimum Gasteiger partial charge on any atom is -0.494 e. The van der Waals surface area contributed by atoms with Crippen molar-refractivity contribution < 1.29 is 22.4 Å². The van der Waals surface area contributed by atoms with Crippen LogP contribution in [0.5, 0.6) is 5.75 Å². The lowest BCUT2D eigenvalue weighted by Gasteiger charge is -2.10. The highest BCUT2D eigenvalue weighted by Crippen LogP contribution is 2.18. The predicted octanol–water partition coefficient (Wildman–Crippen LogP) is 2.21. The van der Waals surface area contributed by atoms with Gasteiger partial charge in [0, 0.05) is 6.54 Å². The van der Waals surface area contributed by atoms with Crippen LogP contribution in [0.15, 0.2) is 39.8 Å². The summed E-state index contributed by atoms with van der Waals surface area (Å²) in [5.74, 6) is 0.250. The second kappa shape index (κ2) is 8.17. The van der Waals surface area contributed by atoms with Gasteiger partial charge in [-0.2, -0.15) is 0 Å². The molecule has 2 rings (SSSR count). The van der Waals surface area contributed by atoms with Crippen LogP contribution in [0.2, 0.25) is 0 Å². The third-order valence-electron chi connectivity index (χ3n) is 3.57. The fourth-order valence-electron chi connectivity index (χ4n) is 2.13. The first-order chi connectivity index (χ1) is 11.9. The molecule has 0 atom stereocenters. The summed E-state index contributed by atoms with van der Waals surface area (Å²) >= 11 is 0. The van der Waals surface area contributed by atoms with Crippen LogP contribution in [0.1, 0.15) is 35.0 Å². The molecule has 7 nitrogen and oxygen atoms in total. The number of aryl methyl sites for hydroxylation is 1. The van der Waals surface area contributed by atoms with Gasteiger partial charge in [-0.25, -0.2) is 13.1 Å². The van der Waals surface area contributed by atoms with Gasteiger partial charge in [0.1, 0.15) is 5.75 Å². The molecule has 25 heavy (non-hydrogen) atoms. The molecule has 8 heteroatoms. The molecular formula is C17H22N2O5S. The number of rotatable bonds is 8. The Bertz CT molecular complexity index is 842. The van der Waals surface area contributed by atoms with Crippen LogP contribution in [0.25, 0.3) is 0 Å². The van der Waals surface area contributed by atoms with Gasteiger partial charge in [0.2, 0.25) is 5.09 Å². The van der Waals surface area contributed by atoms with Crippen LogP contribution >= 0.6 is 0 Å². The second-order valence-electron chi connectivity index (χ2n) is 5.45. The van der Waals surface area contributed by atoms with E-state index in [0.717, 1.165) is 23.3 Å². The first-order valence-corrected chi connectivity index (χ1v) is 9.39. The number of sulfonamides is 1. The van der Waals surface area contributed by atoms with Crippen molar-refractivity contribution >= 4 is 15.9 Å². The van der Waals surface area contributed by atoms with E-state index in [-0.39, 0.29) is 10.9 Å². The number of carbonyl (C=O) groups is 1. The Labute approximate surface area is 147 Å². The average molecular weight is 366 g/mol. The van der Waals surface area contributed by atoms with Crippen molar-refractivity contribution in [3.8, 4) is 5.75 Å². The number of benzene rings is 1. The highest BCUT2D eigenvalue weighted by atomic mass is 32.2. The molecule has 0 saturated carbocycles. The Hall–Kier alpha value is -2.32. The van der Waals surface area contributed by atoms with Crippen LogP contribution in [-0.4, -0.2) is 28.0 Å². The first-order valence-electron chi connectivity index (χ1n) is 7.91. The lowest BCUT2D eigenvalue weighted by molar-refractivity contribution is 0.0917. The molecule has 0 aliphatic carbocycles. The van der Waals surface area contributed by atoms with Gasteiger partial charge in [-0.15, -0.1) is 0 Å². The Morgan fingerprint density at radius 3 is 2.64 bits per heavy atom. The molecular weight excluding hydrogens is 344 g/mol. The van der Waals surface area contributed by atoms with Gasteiger partial charge in [-0.1, -0.05) is 13.0 Å². The predicted molar refractivity (Wildman–Crippen MR) is 93.1 cm³/mol. The maximum atomic E-state index is 12.1. The van der Waals surface area contributed by atoms with E-state index in [1.807, 2.05) is 32.0 Å². The third kappa shape index (κ3) is 4.83. The molecule has 1 aromatic heterocycles. The van der Waals surface area contributed by atoms with Gasteiger partial charge in [0.15, 0.2) is 5.76 Å². The maximum Gasteiger partial charge on any atom is 0.287 e. The summed E-state index contributed by atoms with van der Waals surface area (Å²) < 4.78 is 36.0. The van der Waals surface area contributed by atoms with Crippen molar-refractivity contribution in [2.24, 2.45) is 0 Å². The van der Waals surface area contributed by atoms with Gasteiger partial charge in [-0.3, -0.25) is 4.79 Å². The lowest BCUT2D eigenvalue weighted by Crippen LogP contribution is -2.23. The monoisotopic (exact) mass is 366 g/mol. The molecule has 1 amide bonds. The van der Waals surface area contributed by atoms with E-state index in [0.29, 0.717) is 13.2 Å². The van der Waals surface area contributed by atoms with Crippen molar-refractivity contribution in [2.75, 3.05) is 13.7 Å². The van der Waals surface area contributed by atoms with Crippen molar-refractivity contribution in [1.82, 2.24) is 10.0 Å². The van der Waals surface area contributed by atoms with Gasteiger partial charge in [0.25, 0.3) is 15.9 Å². The van der Waals surface area contributed by atoms with Crippen molar-refractivity contribution in [3.05, 3.63) is 47.2 Å². The molecule has 2 aromatic rings. The minimum absolute atomic E-state index is 0.0608. The highest BCUT2D eigenvalue weighted by molar-refractivity contribution is 7.89. The van der Waals surface area contributed by atoms with E-state index in [2.05, 4.69) is 10.0 Å². The molecule has 1 aromatic carbocycles. The molecule has 2 N–H and O–H groups in total. The van der Waals surface area contributed by atoms with Crippen LogP contribution in [0.4, 0.5) is 0 Å². The van der Waals surface area contributed by atoms with Gasteiger partial charge < -0.3 is 14.5 Å². The zero-order chi connectivity index (χ0) is 18.4. The lowest BCUT2D eigenvalue weighted by atomic mass is 10.1. The summed E-state index contributed by atoms with van der Waals surface area (Å²) in [7, 11) is -2.44. The molecule has 0 fully saturated rings. The third-order valence-corrected chi connectivity index (χ3v) is 4.85. The zero-order valence-corrected chi connectivity index (χ0v) is 15.3. The van der Waals surface area contributed by atoms with Gasteiger partial charge in [-0.05, 0) is 55.8 Å². The Morgan fingerprint density at radius 2 is 2.00 bits per heavy atom. The Balaban J connectivity index is 2.00. The van der Waals surface area contributed by atoms with Crippen LogP contribution in [0, 0.1) is 6.92 Å². The largest absolute Gasteiger partial charge is 0.494 e. The summed E-state index contributed by atoms with van der Waals surface area (Å²) in [4.78, 5) is 12.1. The molecule has 1 heterocycles. The molecule has 0 aliphatic heterocycles. The fourth-order valence-corrected chi connectivity index (χ4v) is 2.77. The molecule has 0 spiro atoms. The van der Waals surface area contributed by atoms with Crippen molar-refractivity contribution in [1.29, 1.82) is 0 Å². The summed E-state index contributed by atoms with van der Waals surface area (Å²) in [6, 6.07) is 8.23. The fraction of sp³-hybridized carbons (Fsp3) is 0.353. The Kier molecular flexibility index (Phi) is 6.22. The number of hydrogen-bond donors (Lipinski definition) is 2. The number of nitrogens with one attached hydrogen (secondary N) is 2. The van der Waals surface area contributed by atoms with Crippen LogP contribution < -0.4 is 14.8 Å². The van der Waals surface area contributed by atoms with Gasteiger partial charge in [0.05, 0.1) is 6.61 Å². The maximum absolute atomic E-state index is 12.1. The quantitative estimate of drug-likeness (QED) is 0.746. The van der Waals surface area contributed by atoms with E-state index in [1.165, 1.54) is 19.2 Å². The number of amides is 1. The molecule has 136 valence electrons. The first kappa shape index (κ1) is 19.0. The van der Waals surface area contributed by atoms with Crippen molar-refractivity contribution in [3.63, 3.8) is 0 Å². The summed E-state index contributed by atoms with van der Waals surface area (Å²) in [6.45, 7) is 4.93. The second-order valence-corrected chi connectivity index (χ2v) is 7.26. The summed E-state index contributed by atoms with van der Waals surface area (Å²) in [6.07, 6.45) is 0.936. The van der Waals surface area contributed by atoms with E-state index >= 15 is 0 Å². The standard InChI is InChI=1S/C17H22N2O5S/c1-4-9-23-14-6-5-13(12(2)10-14)11-19-17(20)15-7-8-16(24-15)25(21,22)18-3/h5-8,10,18H,4,9,11H2,1-3H3,(H,19,20). The summed E-state index contributed by atoms with van der Waals surface area (Å²) in [5.41, 5.74) is 1.93. The highest BCUT2D eigenvalue weighted by Gasteiger charge is 2.19. The van der Waals surface area contributed by atoms with Gasteiger partial charge >= 0.3 is 0 Å². The minimum atomic E-state index is -3.71. The number of ether oxygens (including phenoxy) is 1. The molecule has 0 saturated heterocycles. The zero-order valence-electron chi connectivity index (χ0n) is 14.5. The SMILES string of the molecule is CCCOc1ccc(CNC(=O)c2ccc(S(=O)(=O)NC)o2)c(C)c1. The smallest absolute Gasteiger partial charge is 0.287 e. The van der Waals surface area contributed by atoms with Crippen LogP contribution in [0.3, 0.4) is 0 Å². The number of carbonyl (C=O) groups excluding carboxylic acids is 1. The molecule has 0 aliphatic rings. The molecule has 0 radical (unpaired) electrons. The molecule has 0 bridgehead atoms. The Morgan fingerprint density at radius 1 is 1.24 bits per heavy atom. The molecule has 0 unspecified atom stereocenters. The van der Waals surface area contributed by atoms with E-state index < -0.39 is 15.9 Å². The summed E-state index contributed by atoms with van der Waals surface area (Å²) in [5, 5.41) is 2.42.